The first-order valence-electron chi connectivity index (χ1n) is 7.46. The lowest BCUT2D eigenvalue weighted by atomic mass is 10.1. The molecule has 2 aromatic rings. The largest absolute Gasteiger partial charge is 0.348 e. The Morgan fingerprint density at radius 3 is 2.38 bits per heavy atom. The molecule has 0 aliphatic carbocycles. The maximum Gasteiger partial charge on any atom is 0.283 e. The van der Waals surface area contributed by atoms with E-state index in [1.807, 2.05) is 20.0 Å². The standard InChI is InChI=1S/C15H20ClF2N5O/c1-7(11-6-22(5)20-8(11)2)19-15(24)10(4)23-9(3)12(16)13(21-23)14(17)18/h6-7,10,14H,1-5H3,(H,19,24)/t7-,10-/m1/s1. The van der Waals surface area contributed by atoms with E-state index in [4.69, 9.17) is 11.6 Å². The number of alkyl halides is 2. The Kier molecular flexibility index (Phi) is 5.27. The number of rotatable bonds is 5. The van der Waals surface area contributed by atoms with Gasteiger partial charge >= 0.3 is 0 Å². The van der Waals surface area contributed by atoms with E-state index < -0.39 is 18.2 Å². The second-order valence-electron chi connectivity index (χ2n) is 5.78. The molecule has 0 fully saturated rings. The lowest BCUT2D eigenvalue weighted by Gasteiger charge is -2.18. The van der Waals surface area contributed by atoms with Crippen molar-refractivity contribution in [1.82, 2.24) is 24.9 Å². The van der Waals surface area contributed by atoms with Crippen molar-refractivity contribution in [2.24, 2.45) is 7.05 Å². The highest BCUT2D eigenvalue weighted by molar-refractivity contribution is 6.31. The van der Waals surface area contributed by atoms with E-state index in [-0.39, 0.29) is 17.0 Å². The maximum atomic E-state index is 12.9. The zero-order valence-electron chi connectivity index (χ0n) is 14.1. The van der Waals surface area contributed by atoms with Crippen molar-refractivity contribution in [2.75, 3.05) is 0 Å². The highest BCUT2D eigenvalue weighted by Crippen LogP contribution is 2.30. The minimum absolute atomic E-state index is 0.110. The highest BCUT2D eigenvalue weighted by atomic mass is 35.5. The van der Waals surface area contributed by atoms with Gasteiger partial charge in [0.2, 0.25) is 5.91 Å². The van der Waals surface area contributed by atoms with Crippen LogP contribution in [0.2, 0.25) is 5.02 Å². The summed E-state index contributed by atoms with van der Waals surface area (Å²) >= 11 is 5.88. The van der Waals surface area contributed by atoms with Crippen LogP contribution < -0.4 is 5.32 Å². The molecular weight excluding hydrogens is 340 g/mol. The van der Waals surface area contributed by atoms with Gasteiger partial charge in [-0.1, -0.05) is 11.6 Å². The Hall–Kier alpha value is -1.96. The van der Waals surface area contributed by atoms with Crippen LogP contribution in [0, 0.1) is 13.8 Å². The van der Waals surface area contributed by atoms with Gasteiger partial charge in [0.1, 0.15) is 11.7 Å². The molecule has 1 amide bonds. The molecule has 2 aromatic heterocycles. The second-order valence-corrected chi connectivity index (χ2v) is 6.16. The van der Waals surface area contributed by atoms with Crippen molar-refractivity contribution in [3.05, 3.63) is 33.9 Å². The SMILES string of the molecule is Cc1nn(C)cc1[C@@H](C)NC(=O)[C@@H](C)n1nc(C(F)F)c(Cl)c1C. The molecule has 2 atom stereocenters. The van der Waals surface area contributed by atoms with Crippen LogP contribution in [0.4, 0.5) is 8.78 Å². The van der Waals surface area contributed by atoms with Gasteiger partial charge in [0.05, 0.1) is 22.5 Å². The molecule has 6 nitrogen and oxygen atoms in total. The number of nitrogens with zero attached hydrogens (tertiary/aromatic N) is 4. The van der Waals surface area contributed by atoms with Crippen molar-refractivity contribution in [1.29, 1.82) is 0 Å². The smallest absolute Gasteiger partial charge is 0.283 e. The fourth-order valence-electron chi connectivity index (χ4n) is 2.60. The van der Waals surface area contributed by atoms with Gasteiger partial charge in [0.15, 0.2) is 0 Å². The van der Waals surface area contributed by atoms with Gasteiger partial charge < -0.3 is 5.32 Å². The molecule has 0 unspecified atom stereocenters. The molecule has 9 heteroatoms. The molecule has 0 saturated heterocycles. The summed E-state index contributed by atoms with van der Waals surface area (Å²) in [5.74, 6) is -0.339. The second kappa shape index (κ2) is 6.88. The molecule has 0 bridgehead atoms. The third kappa shape index (κ3) is 3.43. The number of hydrogen-bond acceptors (Lipinski definition) is 3. The fraction of sp³-hybridized carbons (Fsp3) is 0.533. The first-order valence-corrected chi connectivity index (χ1v) is 7.84. The van der Waals surface area contributed by atoms with Gasteiger partial charge in [-0.05, 0) is 27.7 Å². The van der Waals surface area contributed by atoms with Gasteiger partial charge in [0.25, 0.3) is 6.43 Å². The van der Waals surface area contributed by atoms with Gasteiger partial charge in [0, 0.05) is 18.8 Å². The quantitative estimate of drug-likeness (QED) is 0.891. The van der Waals surface area contributed by atoms with E-state index in [0.717, 1.165) is 11.3 Å². The average molecular weight is 360 g/mol. The zero-order chi connectivity index (χ0) is 18.2. The normalized spacial score (nSPS) is 14.0. The van der Waals surface area contributed by atoms with Crippen molar-refractivity contribution in [3.63, 3.8) is 0 Å². The number of nitrogens with one attached hydrogen (secondary N) is 1. The number of carbonyl (C=O) groups excluding carboxylic acids is 1. The first kappa shape index (κ1) is 18.4. The minimum atomic E-state index is -2.79. The molecular formula is C15H20ClF2N5O. The Labute approximate surface area is 143 Å². The van der Waals surface area contributed by atoms with E-state index in [1.54, 1.807) is 25.6 Å². The van der Waals surface area contributed by atoms with E-state index in [1.165, 1.54) is 4.68 Å². The molecule has 1 N–H and O–H groups in total. The summed E-state index contributed by atoms with van der Waals surface area (Å²) in [7, 11) is 1.80. The van der Waals surface area contributed by atoms with Crippen LogP contribution in [0.1, 0.15) is 55.0 Å². The van der Waals surface area contributed by atoms with Crippen molar-refractivity contribution < 1.29 is 13.6 Å². The lowest BCUT2D eigenvalue weighted by Crippen LogP contribution is -2.34. The summed E-state index contributed by atoms with van der Waals surface area (Å²) in [5, 5.41) is 10.8. The molecule has 0 aliphatic heterocycles. The third-order valence-corrected chi connectivity index (χ3v) is 4.40. The molecule has 2 rings (SSSR count). The molecule has 0 aromatic carbocycles. The van der Waals surface area contributed by atoms with E-state index in [9.17, 15) is 13.6 Å². The van der Waals surface area contributed by atoms with Crippen LogP contribution >= 0.6 is 11.6 Å². The van der Waals surface area contributed by atoms with Crippen LogP contribution in [-0.2, 0) is 11.8 Å². The van der Waals surface area contributed by atoms with Crippen LogP contribution in [0.25, 0.3) is 0 Å². The van der Waals surface area contributed by atoms with Gasteiger partial charge in [-0.25, -0.2) is 8.78 Å². The summed E-state index contributed by atoms with van der Waals surface area (Å²) < 4.78 is 28.7. The summed E-state index contributed by atoms with van der Waals surface area (Å²) in [4.78, 5) is 12.5. The molecule has 0 spiro atoms. The molecule has 132 valence electrons. The van der Waals surface area contributed by atoms with Gasteiger partial charge in [-0.15, -0.1) is 0 Å². The van der Waals surface area contributed by atoms with Crippen molar-refractivity contribution >= 4 is 17.5 Å². The third-order valence-electron chi connectivity index (χ3n) is 3.93. The molecule has 24 heavy (non-hydrogen) atoms. The van der Waals surface area contributed by atoms with Gasteiger partial charge in [-0.2, -0.15) is 10.2 Å². The van der Waals surface area contributed by atoms with Crippen LogP contribution in [0.3, 0.4) is 0 Å². The summed E-state index contributed by atoms with van der Waals surface area (Å²) in [6, 6.07) is -1.04. The zero-order valence-corrected chi connectivity index (χ0v) is 14.9. The van der Waals surface area contributed by atoms with Gasteiger partial charge in [-0.3, -0.25) is 14.2 Å². The summed E-state index contributed by atoms with van der Waals surface area (Å²) in [6.45, 7) is 6.83. The Bertz CT molecular complexity index is 755. The predicted molar refractivity (Wildman–Crippen MR) is 86.1 cm³/mol. The predicted octanol–water partition coefficient (Wildman–Crippen LogP) is 3.26. The summed E-state index contributed by atoms with van der Waals surface area (Å²) in [5.41, 5.74) is 1.53. The molecule has 2 heterocycles. The Morgan fingerprint density at radius 1 is 1.29 bits per heavy atom. The topological polar surface area (TPSA) is 64.7 Å². The average Bonchev–Trinajstić information content (AvgIpc) is 2.98. The number of aromatic nitrogens is 4. The van der Waals surface area contributed by atoms with Crippen LogP contribution in [0.5, 0.6) is 0 Å². The van der Waals surface area contributed by atoms with Crippen molar-refractivity contribution in [2.45, 2.75) is 46.2 Å². The summed E-state index contributed by atoms with van der Waals surface area (Å²) in [6.07, 6.45) is -0.958. The number of amides is 1. The maximum absolute atomic E-state index is 12.9. The number of halogens is 3. The van der Waals surface area contributed by atoms with Crippen LogP contribution in [0.15, 0.2) is 6.20 Å². The molecule has 0 saturated carbocycles. The van der Waals surface area contributed by atoms with E-state index in [0.29, 0.717) is 5.69 Å². The molecule has 0 aliphatic rings. The first-order chi connectivity index (χ1) is 11.1. The van der Waals surface area contributed by atoms with E-state index in [2.05, 4.69) is 15.5 Å². The Balaban J connectivity index is 2.18. The highest BCUT2D eigenvalue weighted by Gasteiger charge is 2.26. The number of hydrogen-bond donors (Lipinski definition) is 1. The van der Waals surface area contributed by atoms with E-state index >= 15 is 0 Å². The monoisotopic (exact) mass is 359 g/mol. The number of carbonyl (C=O) groups is 1. The Morgan fingerprint density at radius 2 is 1.92 bits per heavy atom. The fourth-order valence-corrected chi connectivity index (χ4v) is 2.81. The molecule has 0 radical (unpaired) electrons. The van der Waals surface area contributed by atoms with Crippen LogP contribution in [-0.4, -0.2) is 25.5 Å². The van der Waals surface area contributed by atoms with Crippen molar-refractivity contribution in [3.8, 4) is 0 Å². The minimum Gasteiger partial charge on any atom is -0.348 e. The number of aryl methyl sites for hydroxylation is 2. The lowest BCUT2D eigenvalue weighted by molar-refractivity contribution is -0.124.